The lowest BCUT2D eigenvalue weighted by atomic mass is 10.5. The smallest absolute Gasteiger partial charge is 0.222 e. The Morgan fingerprint density at radius 1 is 1.13 bits per heavy atom. The summed E-state index contributed by atoms with van der Waals surface area (Å²) >= 11 is 0. The van der Waals surface area contributed by atoms with E-state index in [1.807, 2.05) is 0 Å². The quantitative estimate of drug-likeness (QED) is 0.540. The second kappa shape index (κ2) is 3.01. The Morgan fingerprint density at radius 3 is 2.87 bits per heavy atom. The van der Waals surface area contributed by atoms with Crippen LogP contribution in [0.25, 0.3) is 23.2 Å². The first-order chi connectivity index (χ1) is 7.43. The molecule has 15 heavy (non-hydrogen) atoms. The third kappa shape index (κ3) is 1.27. The fraction of sp³-hybridized carbons (Fsp3) is 0. The van der Waals surface area contributed by atoms with Crippen molar-refractivity contribution in [3.8, 4) is 23.2 Å². The van der Waals surface area contributed by atoms with Crippen LogP contribution >= 0.6 is 0 Å². The molecule has 0 spiro atoms. The molecule has 3 rings (SSSR count). The zero-order valence-corrected chi connectivity index (χ0v) is 7.47. The Bertz CT molecular complexity index is 485. The minimum Gasteiger partial charge on any atom is -0.342 e. The molecule has 0 aliphatic heterocycles. The molecule has 0 aliphatic carbocycles. The molecule has 0 fully saturated rings. The molecule has 3 aromatic heterocycles. The molecule has 0 saturated heterocycles. The summed E-state index contributed by atoms with van der Waals surface area (Å²) in [5.41, 5.74) is 0.690. The van der Waals surface area contributed by atoms with Crippen molar-refractivity contribution in [1.82, 2.24) is 40.6 Å². The van der Waals surface area contributed by atoms with Gasteiger partial charge in [-0.3, -0.25) is 0 Å². The van der Waals surface area contributed by atoms with E-state index in [2.05, 4.69) is 40.6 Å². The number of nitrogens with zero attached hydrogens (tertiary/aromatic N) is 5. The van der Waals surface area contributed by atoms with Crippen LogP contribution in [0.5, 0.6) is 0 Å². The Hall–Kier alpha value is -2.51. The van der Waals surface area contributed by atoms with Crippen LogP contribution in [0.4, 0.5) is 0 Å². The summed E-state index contributed by atoms with van der Waals surface area (Å²) in [4.78, 5) is 14.2. The van der Waals surface area contributed by atoms with Gasteiger partial charge in [-0.1, -0.05) is 0 Å². The molecule has 3 aromatic rings. The zero-order valence-electron chi connectivity index (χ0n) is 7.47. The van der Waals surface area contributed by atoms with Gasteiger partial charge in [0, 0.05) is 12.4 Å². The number of rotatable bonds is 2. The average molecular weight is 202 g/mol. The maximum Gasteiger partial charge on any atom is 0.222 e. The van der Waals surface area contributed by atoms with E-state index in [4.69, 9.17) is 0 Å². The van der Waals surface area contributed by atoms with Crippen LogP contribution in [-0.2, 0) is 0 Å². The highest BCUT2D eigenvalue weighted by atomic mass is 15.5. The van der Waals surface area contributed by atoms with Gasteiger partial charge in [0.05, 0.1) is 6.20 Å². The molecule has 0 amide bonds. The molecule has 0 aliphatic rings. The lowest BCUT2D eigenvalue weighted by Gasteiger charge is -1.88. The van der Waals surface area contributed by atoms with Gasteiger partial charge in [-0.05, 0) is 5.21 Å². The Balaban J connectivity index is 2.02. The summed E-state index contributed by atoms with van der Waals surface area (Å²) < 4.78 is 0. The lowest BCUT2D eigenvalue weighted by Crippen LogP contribution is -1.84. The van der Waals surface area contributed by atoms with Crippen LogP contribution in [-0.4, -0.2) is 40.6 Å². The molecule has 3 heterocycles. The van der Waals surface area contributed by atoms with Gasteiger partial charge in [0.2, 0.25) is 5.82 Å². The molecule has 74 valence electrons. The van der Waals surface area contributed by atoms with E-state index in [1.165, 1.54) is 0 Å². The van der Waals surface area contributed by atoms with Crippen LogP contribution in [0.1, 0.15) is 0 Å². The fourth-order valence-corrected chi connectivity index (χ4v) is 1.23. The van der Waals surface area contributed by atoms with Gasteiger partial charge < -0.3 is 9.97 Å². The summed E-state index contributed by atoms with van der Waals surface area (Å²) in [5.74, 6) is 1.78. The van der Waals surface area contributed by atoms with E-state index in [0.717, 1.165) is 0 Å². The minimum atomic E-state index is 0.473. The molecule has 0 radical (unpaired) electrons. The minimum absolute atomic E-state index is 0.473. The van der Waals surface area contributed by atoms with Crippen molar-refractivity contribution >= 4 is 0 Å². The van der Waals surface area contributed by atoms with E-state index in [1.54, 1.807) is 18.6 Å². The van der Waals surface area contributed by atoms with Crippen molar-refractivity contribution in [3.63, 3.8) is 0 Å². The number of hydrogen-bond acceptors (Lipinski definition) is 5. The number of tetrazole rings is 1. The van der Waals surface area contributed by atoms with Crippen molar-refractivity contribution in [3.05, 3.63) is 18.6 Å². The summed E-state index contributed by atoms with van der Waals surface area (Å²) in [6.45, 7) is 0. The third-order valence-electron chi connectivity index (χ3n) is 1.88. The predicted molar refractivity (Wildman–Crippen MR) is 49.3 cm³/mol. The van der Waals surface area contributed by atoms with Gasteiger partial charge in [0.25, 0.3) is 0 Å². The molecule has 0 atom stereocenters. The van der Waals surface area contributed by atoms with Gasteiger partial charge in [0.15, 0.2) is 11.6 Å². The summed E-state index contributed by atoms with van der Waals surface area (Å²) in [6.07, 6.45) is 5.01. The van der Waals surface area contributed by atoms with E-state index >= 15 is 0 Å². The van der Waals surface area contributed by atoms with Gasteiger partial charge in [-0.25, -0.2) is 9.97 Å². The lowest BCUT2D eigenvalue weighted by molar-refractivity contribution is 0.881. The molecule has 8 nitrogen and oxygen atoms in total. The first kappa shape index (κ1) is 7.85. The average Bonchev–Trinajstić information content (AvgIpc) is 3.02. The fourth-order valence-electron chi connectivity index (χ4n) is 1.23. The Kier molecular flexibility index (Phi) is 1.58. The highest BCUT2D eigenvalue weighted by molar-refractivity contribution is 5.53. The van der Waals surface area contributed by atoms with Crippen molar-refractivity contribution < 1.29 is 0 Å². The third-order valence-corrected chi connectivity index (χ3v) is 1.88. The van der Waals surface area contributed by atoms with E-state index in [9.17, 15) is 0 Å². The van der Waals surface area contributed by atoms with E-state index in [-0.39, 0.29) is 0 Å². The molecular formula is C7H6N8. The number of imidazole rings is 2. The monoisotopic (exact) mass is 202 g/mol. The predicted octanol–water partition coefficient (Wildman–Crippen LogP) is -0.0201. The van der Waals surface area contributed by atoms with Gasteiger partial charge in [-0.15, -0.1) is 10.2 Å². The van der Waals surface area contributed by atoms with E-state index < -0.39 is 0 Å². The molecule has 3 N–H and O–H groups in total. The van der Waals surface area contributed by atoms with Crippen LogP contribution in [0, 0.1) is 0 Å². The first-order valence-corrected chi connectivity index (χ1v) is 4.22. The first-order valence-electron chi connectivity index (χ1n) is 4.22. The maximum atomic E-state index is 4.14. The highest BCUT2D eigenvalue weighted by Gasteiger charge is 2.09. The summed E-state index contributed by atoms with van der Waals surface area (Å²) in [7, 11) is 0. The molecule has 0 aromatic carbocycles. The van der Waals surface area contributed by atoms with Crippen LogP contribution in [0.3, 0.4) is 0 Å². The number of H-pyrrole nitrogens is 3. The number of aromatic nitrogens is 8. The van der Waals surface area contributed by atoms with E-state index in [0.29, 0.717) is 23.2 Å². The van der Waals surface area contributed by atoms with Crippen LogP contribution in [0.2, 0.25) is 0 Å². The Labute approximate surface area is 83.2 Å². The maximum absolute atomic E-state index is 4.14. The largest absolute Gasteiger partial charge is 0.342 e. The van der Waals surface area contributed by atoms with Gasteiger partial charge in [-0.2, -0.15) is 5.21 Å². The molecule has 0 saturated carbocycles. The molecular weight excluding hydrogens is 196 g/mol. The topological polar surface area (TPSA) is 112 Å². The van der Waals surface area contributed by atoms with Crippen molar-refractivity contribution in [1.29, 1.82) is 0 Å². The molecule has 8 heteroatoms. The van der Waals surface area contributed by atoms with Crippen LogP contribution < -0.4 is 0 Å². The van der Waals surface area contributed by atoms with Gasteiger partial charge in [0.1, 0.15) is 5.69 Å². The Morgan fingerprint density at radius 2 is 2.13 bits per heavy atom. The number of nitrogens with one attached hydrogen (secondary N) is 3. The SMILES string of the molecule is c1c[nH]c(-c2ncc(-c3nn[nH]n3)[nH]2)n1. The normalized spacial score (nSPS) is 10.7. The van der Waals surface area contributed by atoms with Crippen molar-refractivity contribution in [2.45, 2.75) is 0 Å². The number of aromatic amines is 3. The van der Waals surface area contributed by atoms with Crippen LogP contribution in [0.15, 0.2) is 18.6 Å². The zero-order chi connectivity index (χ0) is 10.1. The van der Waals surface area contributed by atoms with Gasteiger partial charge >= 0.3 is 0 Å². The molecule has 0 bridgehead atoms. The van der Waals surface area contributed by atoms with Crippen molar-refractivity contribution in [2.24, 2.45) is 0 Å². The highest BCUT2D eigenvalue weighted by Crippen LogP contribution is 2.15. The summed E-state index contributed by atoms with van der Waals surface area (Å²) in [6, 6.07) is 0. The standard InChI is InChI=1S/C7H6N8/c1-2-9-6(8-1)7-10-3-4(11-7)5-12-14-15-13-5/h1-3H,(H,8,9)(H,10,11)(H,12,13,14,15). The summed E-state index contributed by atoms with van der Waals surface area (Å²) in [5, 5.41) is 13.5. The second-order valence-corrected chi connectivity index (χ2v) is 2.82. The molecule has 0 unspecified atom stereocenters. The second-order valence-electron chi connectivity index (χ2n) is 2.82. The number of hydrogen-bond donors (Lipinski definition) is 3. The van der Waals surface area contributed by atoms with Crippen molar-refractivity contribution in [2.75, 3.05) is 0 Å².